The quantitative estimate of drug-likeness (QED) is 0.389. The van der Waals surface area contributed by atoms with E-state index in [1.807, 2.05) is 37.3 Å². The average Bonchev–Trinajstić information content (AvgIpc) is 3.18. The zero-order valence-electron chi connectivity index (χ0n) is 20.6. The second-order valence-corrected chi connectivity index (χ2v) is 9.64. The van der Waals surface area contributed by atoms with Crippen LogP contribution in [-0.4, -0.2) is 30.3 Å². The van der Waals surface area contributed by atoms with Gasteiger partial charge in [0.1, 0.15) is 0 Å². The summed E-state index contributed by atoms with van der Waals surface area (Å²) < 4.78 is 5.19. The summed E-state index contributed by atoms with van der Waals surface area (Å²) in [7, 11) is 0. The van der Waals surface area contributed by atoms with Crippen molar-refractivity contribution < 1.29 is 23.9 Å². The lowest BCUT2D eigenvalue weighted by molar-refractivity contribution is -0.122. The molecular formula is C30H28N2O5. The number of ether oxygens (including phenoxy) is 1. The number of nitrogens with zero attached hydrogens (tertiary/aromatic N) is 1. The minimum Gasteiger partial charge on any atom is -0.452 e. The second kappa shape index (κ2) is 10.4. The predicted octanol–water partition coefficient (Wildman–Crippen LogP) is 4.86. The lowest BCUT2D eigenvalue weighted by Gasteiger charge is -2.28. The van der Waals surface area contributed by atoms with Crippen molar-refractivity contribution in [3.63, 3.8) is 0 Å². The maximum Gasteiger partial charge on any atom is 0.338 e. The summed E-state index contributed by atoms with van der Waals surface area (Å²) in [5.41, 5.74) is 3.24. The summed E-state index contributed by atoms with van der Waals surface area (Å²) >= 11 is 0. The molecule has 1 aliphatic carbocycles. The number of benzene rings is 3. The largest absolute Gasteiger partial charge is 0.452 e. The van der Waals surface area contributed by atoms with E-state index in [2.05, 4.69) is 17.4 Å². The van der Waals surface area contributed by atoms with Crippen molar-refractivity contribution >= 4 is 35.1 Å². The number of imide groups is 1. The van der Waals surface area contributed by atoms with Crippen LogP contribution in [0.15, 0.2) is 78.9 Å². The molecular weight excluding hydrogens is 468 g/mol. The van der Waals surface area contributed by atoms with Gasteiger partial charge >= 0.3 is 5.97 Å². The fourth-order valence-electron chi connectivity index (χ4n) is 5.35. The molecule has 3 aromatic rings. The van der Waals surface area contributed by atoms with E-state index in [9.17, 15) is 19.2 Å². The Balaban J connectivity index is 1.25. The first-order valence-corrected chi connectivity index (χ1v) is 12.5. The third-order valence-corrected chi connectivity index (χ3v) is 7.29. The highest BCUT2D eigenvalue weighted by Crippen LogP contribution is 2.45. The topological polar surface area (TPSA) is 92.8 Å². The second-order valence-electron chi connectivity index (χ2n) is 9.64. The summed E-state index contributed by atoms with van der Waals surface area (Å²) in [5, 5.41) is 2.71. The van der Waals surface area contributed by atoms with Gasteiger partial charge in [-0.1, -0.05) is 54.6 Å². The van der Waals surface area contributed by atoms with E-state index in [1.54, 1.807) is 24.3 Å². The molecule has 0 radical (unpaired) electrons. The maximum absolute atomic E-state index is 13.4. The summed E-state index contributed by atoms with van der Waals surface area (Å²) in [6, 6.07) is 23.7. The van der Waals surface area contributed by atoms with E-state index in [-0.39, 0.29) is 35.1 Å². The van der Waals surface area contributed by atoms with Crippen molar-refractivity contribution in [2.45, 2.75) is 32.1 Å². The summed E-state index contributed by atoms with van der Waals surface area (Å²) in [6.45, 7) is 1.41. The van der Waals surface area contributed by atoms with E-state index in [4.69, 9.17) is 4.74 Å². The molecule has 188 valence electrons. The maximum atomic E-state index is 13.4. The lowest BCUT2D eigenvalue weighted by atomic mass is 9.73. The molecule has 1 N–H and O–H groups in total. The van der Waals surface area contributed by atoms with Gasteiger partial charge in [-0.25, -0.2) is 4.79 Å². The van der Waals surface area contributed by atoms with Crippen LogP contribution in [0.1, 0.15) is 46.7 Å². The molecule has 2 aliphatic rings. The van der Waals surface area contributed by atoms with Crippen LogP contribution in [0.3, 0.4) is 0 Å². The molecule has 5 rings (SSSR count). The van der Waals surface area contributed by atoms with Crippen LogP contribution in [0.2, 0.25) is 0 Å². The van der Waals surface area contributed by atoms with E-state index >= 15 is 0 Å². The van der Waals surface area contributed by atoms with Gasteiger partial charge in [0.15, 0.2) is 6.61 Å². The SMILES string of the molecule is Cc1ccccc1NC(=O)COC(=O)c1cccc(N2C(=O)[C@H]3C[C@@H](c4ccccc4)CC[C@H]3C2=O)c1. The van der Waals surface area contributed by atoms with E-state index in [0.717, 1.165) is 12.0 Å². The highest BCUT2D eigenvalue weighted by molar-refractivity contribution is 6.22. The zero-order valence-corrected chi connectivity index (χ0v) is 20.6. The molecule has 0 bridgehead atoms. The lowest BCUT2D eigenvalue weighted by Crippen LogP contribution is -2.31. The molecule has 1 saturated heterocycles. The van der Waals surface area contributed by atoms with E-state index in [0.29, 0.717) is 24.2 Å². The Morgan fingerprint density at radius 2 is 1.62 bits per heavy atom. The molecule has 1 aliphatic heterocycles. The molecule has 7 nitrogen and oxygen atoms in total. The smallest absolute Gasteiger partial charge is 0.338 e. The molecule has 1 saturated carbocycles. The van der Waals surface area contributed by atoms with Gasteiger partial charge in [-0.2, -0.15) is 0 Å². The summed E-state index contributed by atoms with van der Waals surface area (Å²) in [4.78, 5) is 52.7. The normalized spacial score (nSPS) is 20.9. The summed E-state index contributed by atoms with van der Waals surface area (Å²) in [5.74, 6) is -2.07. The van der Waals surface area contributed by atoms with Crippen LogP contribution in [0, 0.1) is 18.8 Å². The Kier molecular flexibility index (Phi) is 6.86. The number of rotatable bonds is 6. The monoisotopic (exact) mass is 496 g/mol. The van der Waals surface area contributed by atoms with Crippen LogP contribution >= 0.6 is 0 Å². The average molecular weight is 497 g/mol. The molecule has 37 heavy (non-hydrogen) atoms. The number of fused-ring (bicyclic) bond motifs is 1. The highest BCUT2D eigenvalue weighted by atomic mass is 16.5. The number of hydrogen-bond acceptors (Lipinski definition) is 5. The Morgan fingerprint density at radius 3 is 2.41 bits per heavy atom. The fraction of sp³-hybridized carbons (Fsp3) is 0.267. The van der Waals surface area contributed by atoms with Gasteiger partial charge in [0.05, 0.1) is 23.1 Å². The van der Waals surface area contributed by atoms with Crippen molar-refractivity contribution in [2.24, 2.45) is 11.8 Å². The minimum absolute atomic E-state index is 0.166. The Bertz CT molecular complexity index is 1350. The molecule has 0 unspecified atom stereocenters. The van der Waals surface area contributed by atoms with Crippen LogP contribution in [0.4, 0.5) is 11.4 Å². The van der Waals surface area contributed by atoms with Crippen LogP contribution in [0.25, 0.3) is 0 Å². The molecule has 3 aromatic carbocycles. The van der Waals surface area contributed by atoms with Gasteiger partial charge in [0.2, 0.25) is 11.8 Å². The minimum atomic E-state index is -0.706. The van der Waals surface area contributed by atoms with E-state index in [1.165, 1.54) is 22.6 Å². The Hall–Kier alpha value is -4.26. The van der Waals surface area contributed by atoms with Crippen molar-refractivity contribution in [2.75, 3.05) is 16.8 Å². The van der Waals surface area contributed by atoms with Crippen molar-refractivity contribution in [1.82, 2.24) is 0 Å². The number of hydrogen-bond donors (Lipinski definition) is 1. The molecule has 3 amide bonds. The third-order valence-electron chi connectivity index (χ3n) is 7.29. The first-order chi connectivity index (χ1) is 17.9. The molecule has 2 fully saturated rings. The number of anilines is 2. The van der Waals surface area contributed by atoms with Gasteiger partial charge in [-0.3, -0.25) is 19.3 Å². The molecule has 3 atom stereocenters. The van der Waals surface area contributed by atoms with Gasteiger partial charge in [-0.05, 0) is 67.5 Å². The van der Waals surface area contributed by atoms with Crippen molar-refractivity contribution in [3.05, 3.63) is 95.6 Å². The Morgan fingerprint density at radius 1 is 0.892 bits per heavy atom. The number of nitrogens with one attached hydrogen (secondary N) is 1. The standard InChI is InChI=1S/C30H28N2O5/c1-19-8-5-6-13-26(19)31-27(33)18-37-30(36)22-11-7-12-23(16-22)32-28(34)24-15-14-21(17-25(24)29(32)35)20-9-3-2-4-10-20/h2-13,16,21,24-25H,14-15,17-18H2,1H3,(H,31,33)/t21-,24+,25-/m0/s1. The van der Waals surface area contributed by atoms with Gasteiger partial charge in [0, 0.05) is 5.69 Å². The van der Waals surface area contributed by atoms with E-state index < -0.39 is 18.5 Å². The number of amides is 3. The zero-order chi connectivity index (χ0) is 25.9. The molecule has 0 aromatic heterocycles. The first kappa shape index (κ1) is 24.4. The highest BCUT2D eigenvalue weighted by Gasteiger charge is 2.50. The van der Waals surface area contributed by atoms with Crippen LogP contribution in [-0.2, 0) is 19.1 Å². The number of carbonyl (C=O) groups excluding carboxylic acids is 4. The molecule has 1 heterocycles. The fourth-order valence-corrected chi connectivity index (χ4v) is 5.35. The number of carbonyl (C=O) groups is 4. The number of esters is 1. The van der Waals surface area contributed by atoms with Gasteiger partial charge < -0.3 is 10.1 Å². The number of aryl methyl sites for hydroxylation is 1. The van der Waals surface area contributed by atoms with Crippen LogP contribution in [0.5, 0.6) is 0 Å². The van der Waals surface area contributed by atoms with Crippen molar-refractivity contribution in [3.8, 4) is 0 Å². The predicted molar refractivity (Wildman–Crippen MR) is 139 cm³/mol. The van der Waals surface area contributed by atoms with Crippen LogP contribution < -0.4 is 10.2 Å². The first-order valence-electron chi connectivity index (χ1n) is 12.5. The third kappa shape index (κ3) is 5.03. The van der Waals surface area contributed by atoms with Gasteiger partial charge in [0.25, 0.3) is 5.91 Å². The number of para-hydroxylation sites is 1. The van der Waals surface area contributed by atoms with Gasteiger partial charge in [-0.15, -0.1) is 0 Å². The molecule has 7 heteroatoms. The Labute approximate surface area is 215 Å². The summed E-state index contributed by atoms with van der Waals surface area (Å²) in [6.07, 6.45) is 2.14. The molecule has 0 spiro atoms. The van der Waals surface area contributed by atoms with Crippen molar-refractivity contribution in [1.29, 1.82) is 0 Å².